The zero-order chi connectivity index (χ0) is 19.0. The van der Waals surface area contributed by atoms with E-state index in [1.807, 2.05) is 17.8 Å². The van der Waals surface area contributed by atoms with E-state index in [1.165, 1.54) is 66.7 Å². The Labute approximate surface area is 168 Å². The van der Waals surface area contributed by atoms with Crippen LogP contribution in [0, 0.1) is 13.5 Å². The van der Waals surface area contributed by atoms with Crippen molar-refractivity contribution >= 4 is 39.0 Å². The highest BCUT2D eigenvalue weighted by atomic mass is 32.2. The fourth-order valence-corrected chi connectivity index (χ4v) is 6.54. The Kier molecular flexibility index (Phi) is 3.23. The maximum atomic E-state index is 7.52. The van der Waals surface area contributed by atoms with Gasteiger partial charge in [-0.1, -0.05) is 30.0 Å². The molecule has 2 nitrogen and oxygen atoms in total. The third kappa shape index (κ3) is 1.96. The standard InChI is InChI=1S/C25H19N2S/c1-14-18-8-4-6-15-7-5-9-19(22(15)18)25-21(14)24-23-16(10-11-27(24)3)12-17(26-2)13-20(23)28-25/h4,6,8,10-13H,5,7,9H2,1,3H3/q+1. The summed E-state index contributed by atoms with van der Waals surface area (Å²) in [6.45, 7) is 9.80. The van der Waals surface area contributed by atoms with Gasteiger partial charge in [-0.3, -0.25) is 0 Å². The molecule has 1 aliphatic heterocycles. The van der Waals surface area contributed by atoms with Crippen molar-refractivity contribution in [2.45, 2.75) is 36.0 Å². The number of aryl methyl sites for hydroxylation is 4. The van der Waals surface area contributed by atoms with Gasteiger partial charge in [-0.25, -0.2) is 9.41 Å². The number of aromatic nitrogens is 1. The van der Waals surface area contributed by atoms with Gasteiger partial charge >= 0.3 is 0 Å². The predicted octanol–water partition coefficient (Wildman–Crippen LogP) is 6.30. The molecule has 2 heterocycles. The number of benzene rings is 3. The van der Waals surface area contributed by atoms with Crippen molar-refractivity contribution in [3.05, 3.63) is 70.7 Å². The van der Waals surface area contributed by atoms with E-state index in [2.05, 4.69) is 59.9 Å². The Morgan fingerprint density at radius 2 is 2.00 bits per heavy atom. The lowest BCUT2D eigenvalue weighted by atomic mass is 9.83. The van der Waals surface area contributed by atoms with Gasteiger partial charge in [0.05, 0.1) is 17.5 Å². The SMILES string of the molecule is [C-]#[N+]c1cc2c3c([n+](C)ccc3c1)-c1c(c3c4c(cccc4c1C)CCC3)S2. The number of rotatable bonds is 0. The van der Waals surface area contributed by atoms with Crippen LogP contribution in [0.5, 0.6) is 0 Å². The monoisotopic (exact) mass is 379 g/mol. The second kappa shape index (κ2) is 5.59. The van der Waals surface area contributed by atoms with Crippen LogP contribution in [0.15, 0.2) is 52.4 Å². The highest BCUT2D eigenvalue weighted by Gasteiger charge is 2.32. The van der Waals surface area contributed by atoms with Crippen LogP contribution in [0.3, 0.4) is 0 Å². The fourth-order valence-electron chi connectivity index (χ4n) is 5.14. The van der Waals surface area contributed by atoms with Gasteiger partial charge in [-0.15, -0.1) is 0 Å². The molecule has 0 atom stereocenters. The van der Waals surface area contributed by atoms with E-state index >= 15 is 0 Å². The average Bonchev–Trinajstić information content (AvgIpc) is 2.73. The quantitative estimate of drug-likeness (QED) is 0.226. The molecular weight excluding hydrogens is 360 g/mol. The van der Waals surface area contributed by atoms with Crippen molar-refractivity contribution in [3.8, 4) is 11.3 Å². The summed E-state index contributed by atoms with van der Waals surface area (Å²) in [5, 5.41) is 5.34. The number of pyridine rings is 1. The normalized spacial score (nSPS) is 14.2. The number of nitrogens with zero attached hydrogens (tertiary/aromatic N) is 2. The summed E-state index contributed by atoms with van der Waals surface area (Å²) in [6.07, 6.45) is 5.67. The first-order valence-electron chi connectivity index (χ1n) is 9.76. The molecule has 0 spiro atoms. The van der Waals surface area contributed by atoms with Crippen molar-refractivity contribution in [3.63, 3.8) is 0 Å². The topological polar surface area (TPSA) is 8.24 Å². The molecule has 0 saturated carbocycles. The van der Waals surface area contributed by atoms with E-state index in [4.69, 9.17) is 6.57 Å². The summed E-state index contributed by atoms with van der Waals surface area (Å²) in [6, 6.07) is 13.1. The van der Waals surface area contributed by atoms with Crippen LogP contribution in [0.1, 0.15) is 23.1 Å². The van der Waals surface area contributed by atoms with Crippen molar-refractivity contribution in [2.24, 2.45) is 7.05 Å². The van der Waals surface area contributed by atoms with Gasteiger partial charge in [-0.2, -0.15) is 0 Å². The largest absolute Gasteiger partial charge is 0.238 e. The van der Waals surface area contributed by atoms with E-state index in [0.717, 1.165) is 17.5 Å². The highest BCUT2D eigenvalue weighted by Crippen LogP contribution is 2.53. The third-order valence-electron chi connectivity index (χ3n) is 6.37. The lowest BCUT2D eigenvalue weighted by molar-refractivity contribution is -0.659. The van der Waals surface area contributed by atoms with Gasteiger partial charge < -0.3 is 0 Å². The zero-order valence-corrected chi connectivity index (χ0v) is 16.8. The number of hydrogen-bond acceptors (Lipinski definition) is 1. The Hall–Kier alpha value is -2.83. The zero-order valence-electron chi connectivity index (χ0n) is 16.0. The predicted molar refractivity (Wildman–Crippen MR) is 115 cm³/mol. The molecule has 134 valence electrons. The number of hydrogen-bond donors (Lipinski definition) is 0. The van der Waals surface area contributed by atoms with Gasteiger partial charge in [0.2, 0.25) is 5.69 Å². The summed E-state index contributed by atoms with van der Waals surface area (Å²) in [5.74, 6) is 0. The first-order chi connectivity index (χ1) is 13.7. The van der Waals surface area contributed by atoms with Gasteiger partial charge in [0.25, 0.3) is 0 Å². The minimum absolute atomic E-state index is 0.727. The van der Waals surface area contributed by atoms with Gasteiger partial charge in [0.15, 0.2) is 11.9 Å². The van der Waals surface area contributed by atoms with Crippen molar-refractivity contribution in [1.82, 2.24) is 0 Å². The molecule has 1 aliphatic carbocycles. The van der Waals surface area contributed by atoms with Crippen LogP contribution in [0.25, 0.3) is 37.6 Å². The summed E-state index contributed by atoms with van der Waals surface area (Å²) in [5.41, 5.74) is 7.80. The average molecular weight is 380 g/mol. The molecule has 1 aromatic heterocycles. The fraction of sp³-hybridized carbons (Fsp3) is 0.200. The molecular formula is C25H19N2S+. The summed E-state index contributed by atoms with van der Waals surface area (Å²) < 4.78 is 2.26. The minimum Gasteiger partial charge on any atom is -0.238 e. The van der Waals surface area contributed by atoms with Crippen LogP contribution >= 0.6 is 11.8 Å². The molecule has 6 rings (SSSR count). The Bertz CT molecular complexity index is 1390. The molecule has 0 amide bonds. The minimum atomic E-state index is 0.727. The van der Waals surface area contributed by atoms with Gasteiger partial charge in [0, 0.05) is 15.9 Å². The second-order valence-corrected chi connectivity index (χ2v) is 8.95. The van der Waals surface area contributed by atoms with Crippen LogP contribution < -0.4 is 4.57 Å². The van der Waals surface area contributed by atoms with E-state index in [-0.39, 0.29) is 0 Å². The van der Waals surface area contributed by atoms with Crippen LogP contribution in [-0.4, -0.2) is 0 Å². The lowest BCUT2D eigenvalue weighted by Gasteiger charge is -2.27. The maximum Gasteiger partial charge on any atom is 0.222 e. The van der Waals surface area contributed by atoms with Crippen LogP contribution in [0.4, 0.5) is 5.69 Å². The van der Waals surface area contributed by atoms with Gasteiger partial charge in [-0.05, 0) is 71.2 Å². The molecule has 0 N–H and O–H groups in total. The molecule has 0 saturated heterocycles. The first kappa shape index (κ1) is 16.2. The molecule has 0 unspecified atom stereocenters. The molecule has 0 bridgehead atoms. The Morgan fingerprint density at radius 1 is 1.11 bits per heavy atom. The van der Waals surface area contributed by atoms with Crippen LogP contribution in [-0.2, 0) is 19.9 Å². The van der Waals surface area contributed by atoms with E-state index < -0.39 is 0 Å². The van der Waals surface area contributed by atoms with Crippen LogP contribution in [0.2, 0.25) is 0 Å². The molecule has 0 radical (unpaired) electrons. The second-order valence-electron chi connectivity index (χ2n) is 7.90. The summed E-state index contributed by atoms with van der Waals surface area (Å²) in [7, 11) is 2.15. The number of fused-ring (bicyclic) bond motifs is 3. The summed E-state index contributed by atoms with van der Waals surface area (Å²) in [4.78, 5) is 6.36. The van der Waals surface area contributed by atoms with E-state index in [9.17, 15) is 0 Å². The molecule has 3 heteroatoms. The van der Waals surface area contributed by atoms with E-state index in [1.54, 1.807) is 0 Å². The van der Waals surface area contributed by atoms with Crippen molar-refractivity contribution in [2.75, 3.05) is 0 Å². The van der Waals surface area contributed by atoms with Crippen molar-refractivity contribution in [1.29, 1.82) is 0 Å². The van der Waals surface area contributed by atoms with E-state index in [0.29, 0.717) is 0 Å². The van der Waals surface area contributed by atoms with Gasteiger partial charge in [0.1, 0.15) is 7.05 Å². The smallest absolute Gasteiger partial charge is 0.222 e. The molecule has 2 aliphatic rings. The lowest BCUT2D eigenvalue weighted by Crippen LogP contribution is -2.32. The molecule has 28 heavy (non-hydrogen) atoms. The van der Waals surface area contributed by atoms with Crippen molar-refractivity contribution < 1.29 is 4.57 Å². The first-order valence-corrected chi connectivity index (χ1v) is 10.6. The Morgan fingerprint density at radius 3 is 2.86 bits per heavy atom. The highest BCUT2D eigenvalue weighted by molar-refractivity contribution is 8.00. The maximum absolute atomic E-state index is 7.52. The molecule has 0 fully saturated rings. The molecule has 3 aromatic carbocycles. The third-order valence-corrected chi connectivity index (χ3v) is 7.56. The molecule has 4 aromatic rings. The Balaban J connectivity index is 1.85. The summed E-state index contributed by atoms with van der Waals surface area (Å²) >= 11 is 1.88.